The Balaban J connectivity index is 2.58. The maximum Gasteiger partial charge on any atom is 0.332 e. The number of nitrogens with zero attached hydrogens (tertiary/aromatic N) is 1. The second kappa shape index (κ2) is 7.45. The molecule has 6 nitrogen and oxygen atoms in total. The fourth-order valence-electron chi connectivity index (χ4n) is 2.14. The minimum Gasteiger partial charge on any atom is -0.479 e. The second-order valence-corrected chi connectivity index (χ2v) is 5.20. The van der Waals surface area contributed by atoms with Crippen LogP contribution < -0.4 is 0 Å². The quantitative estimate of drug-likeness (QED) is 0.740. The molecule has 0 aromatic heterocycles. The van der Waals surface area contributed by atoms with Crippen molar-refractivity contribution in [1.82, 2.24) is 4.90 Å². The highest BCUT2D eigenvalue weighted by Gasteiger charge is 2.36. The van der Waals surface area contributed by atoms with Crippen molar-refractivity contribution in [2.24, 2.45) is 5.92 Å². The Hall–Kier alpha value is -1.14. The van der Waals surface area contributed by atoms with Crippen molar-refractivity contribution in [2.75, 3.05) is 26.8 Å². The van der Waals surface area contributed by atoms with E-state index < -0.39 is 18.2 Å². The Kier molecular flexibility index (Phi) is 6.24. The summed E-state index contributed by atoms with van der Waals surface area (Å²) in [6, 6.07) is 0. The van der Waals surface area contributed by atoms with Gasteiger partial charge in [0.2, 0.25) is 0 Å². The lowest BCUT2D eigenvalue weighted by Crippen LogP contribution is -2.43. The molecule has 1 aliphatic rings. The van der Waals surface area contributed by atoms with Crippen molar-refractivity contribution in [2.45, 2.75) is 38.9 Å². The number of aliphatic carboxylic acids is 1. The Labute approximate surface area is 113 Å². The van der Waals surface area contributed by atoms with E-state index in [1.165, 1.54) is 0 Å². The SMILES string of the molecule is COCCN(CC(C)C)C(=O)C1CCC(C(=O)O)O1. The van der Waals surface area contributed by atoms with Gasteiger partial charge in [-0.25, -0.2) is 4.79 Å². The molecular weight excluding hydrogens is 250 g/mol. The number of ether oxygens (including phenoxy) is 2. The average Bonchev–Trinajstić information content (AvgIpc) is 2.82. The lowest BCUT2D eigenvalue weighted by Gasteiger charge is -2.26. The van der Waals surface area contributed by atoms with Crippen LogP contribution in [-0.4, -0.2) is 60.9 Å². The lowest BCUT2D eigenvalue weighted by molar-refractivity contribution is -0.155. The topological polar surface area (TPSA) is 76.1 Å². The first-order valence-electron chi connectivity index (χ1n) is 6.61. The molecule has 0 radical (unpaired) electrons. The highest BCUT2D eigenvalue weighted by atomic mass is 16.5. The molecule has 0 spiro atoms. The highest BCUT2D eigenvalue weighted by Crippen LogP contribution is 2.22. The zero-order chi connectivity index (χ0) is 14.4. The van der Waals surface area contributed by atoms with Crippen LogP contribution in [0.5, 0.6) is 0 Å². The third-order valence-electron chi connectivity index (χ3n) is 3.03. The van der Waals surface area contributed by atoms with Gasteiger partial charge in [-0.2, -0.15) is 0 Å². The van der Waals surface area contributed by atoms with E-state index in [0.29, 0.717) is 38.5 Å². The van der Waals surface area contributed by atoms with E-state index in [1.54, 1.807) is 12.0 Å². The van der Waals surface area contributed by atoms with Gasteiger partial charge < -0.3 is 19.5 Å². The summed E-state index contributed by atoms with van der Waals surface area (Å²) >= 11 is 0. The number of carbonyl (C=O) groups excluding carboxylic acids is 1. The van der Waals surface area contributed by atoms with Crippen molar-refractivity contribution >= 4 is 11.9 Å². The van der Waals surface area contributed by atoms with E-state index in [4.69, 9.17) is 14.6 Å². The van der Waals surface area contributed by atoms with E-state index in [1.807, 2.05) is 13.8 Å². The summed E-state index contributed by atoms with van der Waals surface area (Å²) < 4.78 is 10.3. The predicted octanol–water partition coefficient (Wildman–Crippen LogP) is 0.750. The van der Waals surface area contributed by atoms with Crippen LogP contribution in [0, 0.1) is 5.92 Å². The molecule has 1 amide bonds. The van der Waals surface area contributed by atoms with Crippen LogP contribution >= 0.6 is 0 Å². The summed E-state index contributed by atoms with van der Waals surface area (Å²) in [6.07, 6.45) is -0.614. The van der Waals surface area contributed by atoms with Crippen molar-refractivity contribution < 1.29 is 24.2 Å². The average molecular weight is 273 g/mol. The van der Waals surface area contributed by atoms with Gasteiger partial charge in [0.25, 0.3) is 5.91 Å². The molecule has 0 bridgehead atoms. The zero-order valence-corrected chi connectivity index (χ0v) is 11.8. The summed E-state index contributed by atoms with van der Waals surface area (Å²) in [6.45, 7) is 5.66. The number of methoxy groups -OCH3 is 1. The molecule has 0 aliphatic carbocycles. The van der Waals surface area contributed by atoms with Crippen LogP contribution in [0.25, 0.3) is 0 Å². The minimum atomic E-state index is -0.998. The lowest BCUT2D eigenvalue weighted by atomic mass is 10.1. The third kappa shape index (κ3) is 4.80. The number of hydrogen-bond acceptors (Lipinski definition) is 4. The van der Waals surface area contributed by atoms with Gasteiger partial charge in [-0.15, -0.1) is 0 Å². The van der Waals surface area contributed by atoms with Gasteiger partial charge in [-0.05, 0) is 18.8 Å². The first-order chi connectivity index (χ1) is 8.95. The van der Waals surface area contributed by atoms with E-state index in [9.17, 15) is 9.59 Å². The molecule has 110 valence electrons. The molecule has 0 aromatic carbocycles. The smallest absolute Gasteiger partial charge is 0.332 e. The Morgan fingerprint density at radius 3 is 2.47 bits per heavy atom. The highest BCUT2D eigenvalue weighted by molar-refractivity contribution is 5.82. The van der Waals surface area contributed by atoms with Gasteiger partial charge in [-0.3, -0.25) is 4.79 Å². The zero-order valence-electron chi connectivity index (χ0n) is 11.8. The van der Waals surface area contributed by atoms with Crippen LogP contribution in [-0.2, 0) is 19.1 Å². The van der Waals surface area contributed by atoms with Gasteiger partial charge >= 0.3 is 5.97 Å². The number of hydrogen-bond donors (Lipinski definition) is 1. The summed E-state index contributed by atoms with van der Waals surface area (Å²) in [4.78, 5) is 24.8. The van der Waals surface area contributed by atoms with Crippen LogP contribution in [0.2, 0.25) is 0 Å². The van der Waals surface area contributed by atoms with Gasteiger partial charge in [0.15, 0.2) is 6.10 Å². The summed E-state index contributed by atoms with van der Waals surface area (Å²) in [5.74, 6) is -0.783. The second-order valence-electron chi connectivity index (χ2n) is 5.20. The molecule has 19 heavy (non-hydrogen) atoms. The van der Waals surface area contributed by atoms with Crippen LogP contribution in [0.15, 0.2) is 0 Å². The Morgan fingerprint density at radius 2 is 2.00 bits per heavy atom. The predicted molar refractivity (Wildman–Crippen MR) is 68.8 cm³/mol. The Morgan fingerprint density at radius 1 is 1.37 bits per heavy atom. The summed E-state index contributed by atoms with van der Waals surface area (Å²) in [7, 11) is 1.59. The van der Waals surface area contributed by atoms with E-state index in [-0.39, 0.29) is 5.91 Å². The fourth-order valence-corrected chi connectivity index (χ4v) is 2.14. The third-order valence-corrected chi connectivity index (χ3v) is 3.03. The molecule has 1 N–H and O–H groups in total. The van der Waals surface area contributed by atoms with Gasteiger partial charge in [-0.1, -0.05) is 13.8 Å². The van der Waals surface area contributed by atoms with Crippen LogP contribution in [0.1, 0.15) is 26.7 Å². The van der Waals surface area contributed by atoms with Crippen molar-refractivity contribution in [1.29, 1.82) is 0 Å². The van der Waals surface area contributed by atoms with E-state index in [2.05, 4.69) is 0 Å². The molecule has 6 heteroatoms. The first-order valence-corrected chi connectivity index (χ1v) is 6.61. The summed E-state index contributed by atoms with van der Waals surface area (Å²) in [5, 5.41) is 8.87. The van der Waals surface area contributed by atoms with E-state index >= 15 is 0 Å². The maximum atomic E-state index is 12.3. The largest absolute Gasteiger partial charge is 0.479 e. The van der Waals surface area contributed by atoms with Crippen molar-refractivity contribution in [3.8, 4) is 0 Å². The van der Waals surface area contributed by atoms with Crippen molar-refractivity contribution in [3.05, 3.63) is 0 Å². The number of carboxylic acid groups (broad SMARTS) is 1. The Bertz CT molecular complexity index is 318. The van der Waals surface area contributed by atoms with Crippen molar-refractivity contribution in [3.63, 3.8) is 0 Å². The number of carboxylic acids is 1. The van der Waals surface area contributed by atoms with Gasteiger partial charge in [0.05, 0.1) is 6.61 Å². The molecule has 1 saturated heterocycles. The monoisotopic (exact) mass is 273 g/mol. The molecule has 1 heterocycles. The van der Waals surface area contributed by atoms with Gasteiger partial charge in [0, 0.05) is 20.2 Å². The maximum absolute atomic E-state index is 12.3. The van der Waals surface area contributed by atoms with E-state index in [0.717, 1.165) is 0 Å². The number of amides is 1. The molecule has 2 unspecified atom stereocenters. The minimum absolute atomic E-state index is 0.130. The van der Waals surface area contributed by atoms with Gasteiger partial charge in [0.1, 0.15) is 6.10 Å². The number of rotatable bonds is 7. The number of carbonyl (C=O) groups is 2. The summed E-state index contributed by atoms with van der Waals surface area (Å²) in [5.41, 5.74) is 0. The van der Waals surface area contributed by atoms with Crippen LogP contribution in [0.3, 0.4) is 0 Å². The molecule has 0 aromatic rings. The molecule has 1 rings (SSSR count). The molecule has 2 atom stereocenters. The molecule has 1 aliphatic heterocycles. The standard InChI is InChI=1S/C13H23NO5/c1-9(2)8-14(6-7-18-3)12(15)10-4-5-11(19-10)13(16)17/h9-11H,4-8H2,1-3H3,(H,16,17). The first kappa shape index (κ1) is 15.9. The van der Waals surface area contributed by atoms with Crippen LogP contribution in [0.4, 0.5) is 0 Å². The fraction of sp³-hybridized carbons (Fsp3) is 0.846. The molecular formula is C13H23NO5. The normalized spacial score (nSPS) is 22.7. The molecule has 0 saturated carbocycles. The molecule has 1 fully saturated rings.